The van der Waals surface area contributed by atoms with Gasteiger partial charge in [-0.3, -0.25) is 9.59 Å². The van der Waals surface area contributed by atoms with E-state index in [1.807, 2.05) is 6.07 Å². The molecule has 2 amide bonds. The molecule has 1 fully saturated rings. The van der Waals surface area contributed by atoms with E-state index in [2.05, 4.69) is 29.0 Å². The van der Waals surface area contributed by atoms with Gasteiger partial charge in [0.15, 0.2) is 11.6 Å². The molecule has 1 aromatic carbocycles. The Labute approximate surface area is 187 Å². The van der Waals surface area contributed by atoms with Gasteiger partial charge in [0, 0.05) is 45.3 Å². The van der Waals surface area contributed by atoms with Gasteiger partial charge < -0.3 is 15.1 Å². The Morgan fingerprint density at radius 2 is 1.84 bits per heavy atom. The van der Waals surface area contributed by atoms with E-state index in [0.29, 0.717) is 56.2 Å². The third-order valence-corrected chi connectivity index (χ3v) is 5.89. The van der Waals surface area contributed by atoms with Crippen molar-refractivity contribution in [2.75, 3.05) is 37.6 Å². The summed E-state index contributed by atoms with van der Waals surface area (Å²) in [7, 11) is 0. The Morgan fingerprint density at radius 3 is 2.47 bits per heavy atom. The molecule has 1 aromatic heterocycles. The molecule has 172 valence electrons. The molecule has 2 heterocycles. The fourth-order valence-corrected chi connectivity index (χ4v) is 3.51. The first-order chi connectivity index (χ1) is 15.4. The van der Waals surface area contributed by atoms with Gasteiger partial charge in [-0.15, -0.1) is 0 Å². The fourth-order valence-electron chi connectivity index (χ4n) is 3.51. The zero-order chi connectivity index (χ0) is 23.1. The Balaban J connectivity index is 1.46. The number of benzene rings is 1. The van der Waals surface area contributed by atoms with Crippen molar-refractivity contribution in [3.8, 4) is 0 Å². The molecule has 1 aliphatic heterocycles. The van der Waals surface area contributed by atoms with Crippen molar-refractivity contribution in [3.05, 3.63) is 59.3 Å². The minimum Gasteiger partial charge on any atom is -0.353 e. The average Bonchev–Trinajstić information content (AvgIpc) is 2.83. The summed E-state index contributed by atoms with van der Waals surface area (Å²) in [4.78, 5) is 33.0. The predicted octanol–water partition coefficient (Wildman–Crippen LogP) is 3.42. The number of aromatic nitrogens is 1. The van der Waals surface area contributed by atoms with Gasteiger partial charge in [-0.1, -0.05) is 26.3 Å². The topological polar surface area (TPSA) is 65.5 Å². The summed E-state index contributed by atoms with van der Waals surface area (Å²) >= 11 is 0. The van der Waals surface area contributed by atoms with Crippen molar-refractivity contribution in [2.24, 2.45) is 5.92 Å². The van der Waals surface area contributed by atoms with Crippen molar-refractivity contribution >= 4 is 17.6 Å². The van der Waals surface area contributed by atoms with E-state index in [9.17, 15) is 18.4 Å². The maximum atomic E-state index is 13.3. The molecule has 1 N–H and O–H groups in total. The van der Waals surface area contributed by atoms with E-state index in [4.69, 9.17) is 0 Å². The number of hydrogen-bond donors (Lipinski definition) is 1. The Morgan fingerprint density at radius 1 is 1.09 bits per heavy atom. The number of carbonyl (C=O) groups excluding carboxylic acids is 2. The lowest BCUT2D eigenvalue weighted by molar-refractivity contribution is -0.131. The number of nitrogens with one attached hydrogen (secondary N) is 1. The first kappa shape index (κ1) is 23.6. The molecule has 1 unspecified atom stereocenters. The number of aryl methyl sites for hydroxylation is 1. The standard InChI is InChI=1S/C24H30F2N4O2/c1-3-17(2)15-28-24(32)19-6-8-22(27-16-19)29-10-12-30(13-11-29)23(31)9-5-18-4-7-20(25)21(26)14-18/h4,6-8,14,16-17H,3,5,9-13,15H2,1-2H3,(H,28,32). The second-order valence-electron chi connectivity index (χ2n) is 8.24. The monoisotopic (exact) mass is 444 g/mol. The van der Waals surface area contributed by atoms with Gasteiger partial charge in [-0.25, -0.2) is 13.8 Å². The lowest BCUT2D eigenvalue weighted by Crippen LogP contribution is -2.49. The summed E-state index contributed by atoms with van der Waals surface area (Å²) < 4.78 is 26.3. The first-order valence-corrected chi connectivity index (χ1v) is 11.1. The SMILES string of the molecule is CCC(C)CNC(=O)c1ccc(N2CCN(C(=O)CCc3ccc(F)c(F)c3)CC2)nc1. The van der Waals surface area contributed by atoms with Crippen molar-refractivity contribution < 1.29 is 18.4 Å². The van der Waals surface area contributed by atoms with Crippen LogP contribution in [0.4, 0.5) is 14.6 Å². The first-order valence-electron chi connectivity index (χ1n) is 11.1. The lowest BCUT2D eigenvalue weighted by Gasteiger charge is -2.35. The Bertz CT molecular complexity index is 928. The number of anilines is 1. The molecule has 8 heteroatoms. The normalized spacial score (nSPS) is 14.9. The van der Waals surface area contributed by atoms with Crippen molar-refractivity contribution in [2.45, 2.75) is 33.1 Å². The molecule has 0 aliphatic carbocycles. The van der Waals surface area contributed by atoms with E-state index >= 15 is 0 Å². The van der Waals surface area contributed by atoms with E-state index in [0.717, 1.165) is 24.4 Å². The van der Waals surface area contributed by atoms with Gasteiger partial charge in [0.2, 0.25) is 5.91 Å². The quantitative estimate of drug-likeness (QED) is 0.678. The molecule has 0 bridgehead atoms. The van der Waals surface area contributed by atoms with Crippen LogP contribution in [0, 0.1) is 17.6 Å². The van der Waals surface area contributed by atoms with E-state index in [-0.39, 0.29) is 18.2 Å². The van der Waals surface area contributed by atoms with Crippen molar-refractivity contribution in [1.29, 1.82) is 0 Å². The van der Waals surface area contributed by atoms with Crippen LogP contribution in [0.3, 0.4) is 0 Å². The van der Waals surface area contributed by atoms with Crippen LogP contribution in [-0.2, 0) is 11.2 Å². The third kappa shape index (κ3) is 6.24. The zero-order valence-electron chi connectivity index (χ0n) is 18.6. The fraction of sp³-hybridized carbons (Fsp3) is 0.458. The third-order valence-electron chi connectivity index (χ3n) is 5.89. The highest BCUT2D eigenvalue weighted by Crippen LogP contribution is 2.16. The smallest absolute Gasteiger partial charge is 0.252 e. The van der Waals surface area contributed by atoms with E-state index < -0.39 is 11.6 Å². The number of piperazine rings is 1. The summed E-state index contributed by atoms with van der Waals surface area (Å²) in [6.45, 7) is 7.24. The number of hydrogen-bond acceptors (Lipinski definition) is 4. The minimum atomic E-state index is -0.893. The number of carbonyl (C=O) groups is 2. The zero-order valence-corrected chi connectivity index (χ0v) is 18.6. The molecule has 32 heavy (non-hydrogen) atoms. The van der Waals surface area contributed by atoms with Crippen molar-refractivity contribution in [1.82, 2.24) is 15.2 Å². The molecule has 2 aromatic rings. The molecule has 1 aliphatic rings. The van der Waals surface area contributed by atoms with Crippen LogP contribution >= 0.6 is 0 Å². The number of pyridine rings is 1. The van der Waals surface area contributed by atoms with Gasteiger partial charge in [0.05, 0.1) is 5.56 Å². The summed E-state index contributed by atoms with van der Waals surface area (Å²) in [6, 6.07) is 7.33. The molecule has 6 nitrogen and oxygen atoms in total. The summed E-state index contributed by atoms with van der Waals surface area (Å²) in [5, 5.41) is 2.92. The van der Waals surface area contributed by atoms with Crippen LogP contribution in [-0.4, -0.2) is 54.4 Å². The van der Waals surface area contributed by atoms with Crippen LogP contribution in [0.1, 0.15) is 42.6 Å². The van der Waals surface area contributed by atoms with Crippen LogP contribution < -0.4 is 10.2 Å². The number of rotatable bonds is 8. The van der Waals surface area contributed by atoms with Crippen LogP contribution in [0.15, 0.2) is 36.5 Å². The maximum absolute atomic E-state index is 13.3. The highest BCUT2D eigenvalue weighted by molar-refractivity contribution is 5.94. The Hall–Kier alpha value is -3.03. The van der Waals surface area contributed by atoms with Gasteiger partial charge in [0.25, 0.3) is 5.91 Å². The largest absolute Gasteiger partial charge is 0.353 e. The minimum absolute atomic E-state index is 0.00401. The molecular formula is C24H30F2N4O2. The predicted molar refractivity (Wildman–Crippen MR) is 119 cm³/mol. The molecule has 0 saturated carbocycles. The maximum Gasteiger partial charge on any atom is 0.252 e. The van der Waals surface area contributed by atoms with Crippen LogP contribution in [0.25, 0.3) is 0 Å². The van der Waals surface area contributed by atoms with Crippen LogP contribution in [0.5, 0.6) is 0 Å². The van der Waals surface area contributed by atoms with Crippen molar-refractivity contribution in [3.63, 3.8) is 0 Å². The van der Waals surface area contributed by atoms with E-state index in [1.54, 1.807) is 17.2 Å². The highest BCUT2D eigenvalue weighted by atomic mass is 19.2. The number of amides is 2. The molecule has 0 spiro atoms. The summed E-state index contributed by atoms with van der Waals surface area (Å²) in [5.41, 5.74) is 1.14. The molecule has 3 rings (SSSR count). The molecule has 1 saturated heterocycles. The second-order valence-corrected chi connectivity index (χ2v) is 8.24. The van der Waals surface area contributed by atoms with Gasteiger partial charge in [-0.05, 0) is 42.2 Å². The second kappa shape index (κ2) is 11.0. The van der Waals surface area contributed by atoms with Gasteiger partial charge >= 0.3 is 0 Å². The molecule has 0 radical (unpaired) electrons. The summed E-state index contributed by atoms with van der Waals surface area (Å²) in [6.07, 6.45) is 3.22. The van der Waals surface area contributed by atoms with Gasteiger partial charge in [-0.2, -0.15) is 0 Å². The van der Waals surface area contributed by atoms with Gasteiger partial charge in [0.1, 0.15) is 5.82 Å². The molecule has 1 atom stereocenters. The van der Waals surface area contributed by atoms with E-state index in [1.165, 1.54) is 6.07 Å². The van der Waals surface area contributed by atoms with Crippen LogP contribution in [0.2, 0.25) is 0 Å². The number of halogens is 2. The molecular weight excluding hydrogens is 414 g/mol. The Kier molecular flexibility index (Phi) is 8.14. The average molecular weight is 445 g/mol. The summed E-state index contributed by atoms with van der Waals surface area (Å²) in [5.74, 6) is -0.699. The highest BCUT2D eigenvalue weighted by Gasteiger charge is 2.22. The number of nitrogens with zero attached hydrogens (tertiary/aromatic N) is 3. The lowest BCUT2D eigenvalue weighted by atomic mass is 10.1.